The van der Waals surface area contributed by atoms with Crippen LogP contribution < -0.4 is 10.1 Å². The highest BCUT2D eigenvalue weighted by Crippen LogP contribution is 2.15. The van der Waals surface area contributed by atoms with Crippen molar-refractivity contribution in [3.05, 3.63) is 54.4 Å². The number of aryl methyl sites for hydroxylation is 1. The zero-order valence-electron chi connectivity index (χ0n) is 11.0. The maximum Gasteiger partial charge on any atom is 0.265 e. The van der Waals surface area contributed by atoms with Gasteiger partial charge in [0.2, 0.25) is 0 Å². The van der Waals surface area contributed by atoms with E-state index in [2.05, 4.69) is 10.3 Å². The van der Waals surface area contributed by atoms with E-state index < -0.39 is 6.10 Å². The van der Waals surface area contributed by atoms with Crippen LogP contribution in [0.3, 0.4) is 0 Å². The van der Waals surface area contributed by atoms with Crippen molar-refractivity contribution in [1.82, 2.24) is 4.98 Å². The molecule has 0 radical (unpaired) electrons. The summed E-state index contributed by atoms with van der Waals surface area (Å²) < 4.78 is 5.60. The number of carbonyl (C=O) groups is 1. The fourth-order valence-corrected chi connectivity index (χ4v) is 1.63. The van der Waals surface area contributed by atoms with E-state index in [1.165, 1.54) is 0 Å². The predicted molar refractivity (Wildman–Crippen MR) is 74.1 cm³/mol. The second-order valence-electron chi connectivity index (χ2n) is 4.31. The summed E-state index contributed by atoms with van der Waals surface area (Å²) in [5.41, 5.74) is 1.75. The van der Waals surface area contributed by atoms with E-state index >= 15 is 0 Å². The van der Waals surface area contributed by atoms with Crippen molar-refractivity contribution in [2.24, 2.45) is 0 Å². The summed E-state index contributed by atoms with van der Waals surface area (Å²) in [5.74, 6) is 0.489. The molecule has 0 aliphatic heterocycles. The van der Waals surface area contributed by atoms with E-state index in [-0.39, 0.29) is 5.91 Å². The summed E-state index contributed by atoms with van der Waals surface area (Å²) in [7, 11) is 0. The molecule has 0 unspecified atom stereocenters. The van der Waals surface area contributed by atoms with Crippen LogP contribution in [0.4, 0.5) is 5.69 Å². The van der Waals surface area contributed by atoms with Gasteiger partial charge in [-0.1, -0.05) is 12.1 Å². The quantitative estimate of drug-likeness (QED) is 0.915. The van der Waals surface area contributed by atoms with Crippen LogP contribution in [0.5, 0.6) is 5.75 Å². The van der Waals surface area contributed by atoms with Crippen molar-refractivity contribution < 1.29 is 9.53 Å². The van der Waals surface area contributed by atoms with Gasteiger partial charge in [0.1, 0.15) is 5.75 Å². The van der Waals surface area contributed by atoms with Gasteiger partial charge in [-0.15, -0.1) is 0 Å². The molecule has 1 N–H and O–H groups in total. The fraction of sp³-hybridized carbons (Fsp3) is 0.200. The Kier molecular flexibility index (Phi) is 4.13. The number of aromatic nitrogens is 1. The van der Waals surface area contributed by atoms with E-state index in [4.69, 9.17) is 4.74 Å². The molecular formula is C15H16N2O2. The molecule has 0 saturated heterocycles. The Morgan fingerprint density at radius 3 is 2.84 bits per heavy atom. The van der Waals surface area contributed by atoms with Crippen LogP contribution in [-0.2, 0) is 4.79 Å². The minimum atomic E-state index is -0.568. The van der Waals surface area contributed by atoms with Crippen molar-refractivity contribution in [2.45, 2.75) is 20.0 Å². The number of hydrogen-bond donors (Lipinski definition) is 1. The van der Waals surface area contributed by atoms with Crippen LogP contribution in [0.25, 0.3) is 0 Å². The highest BCUT2D eigenvalue weighted by atomic mass is 16.5. The molecule has 1 heterocycles. The first-order chi connectivity index (χ1) is 9.15. The lowest BCUT2D eigenvalue weighted by molar-refractivity contribution is -0.122. The zero-order chi connectivity index (χ0) is 13.7. The molecule has 0 aliphatic carbocycles. The number of nitrogens with one attached hydrogen (secondary N) is 1. The molecule has 2 aromatic rings. The molecule has 0 fully saturated rings. The third kappa shape index (κ3) is 3.81. The average molecular weight is 256 g/mol. The van der Waals surface area contributed by atoms with Gasteiger partial charge in [0.25, 0.3) is 5.91 Å². The van der Waals surface area contributed by atoms with Crippen molar-refractivity contribution in [3.63, 3.8) is 0 Å². The number of nitrogens with zero attached hydrogens (tertiary/aromatic N) is 1. The van der Waals surface area contributed by atoms with E-state index in [9.17, 15) is 4.79 Å². The Morgan fingerprint density at radius 1 is 1.32 bits per heavy atom. The zero-order valence-corrected chi connectivity index (χ0v) is 11.0. The second-order valence-corrected chi connectivity index (χ2v) is 4.31. The third-order valence-corrected chi connectivity index (χ3v) is 2.60. The fourth-order valence-electron chi connectivity index (χ4n) is 1.63. The Bertz CT molecular complexity index is 555. The van der Waals surface area contributed by atoms with Gasteiger partial charge in [0.05, 0.1) is 11.9 Å². The lowest BCUT2D eigenvalue weighted by Gasteiger charge is -2.14. The lowest BCUT2D eigenvalue weighted by Crippen LogP contribution is -2.30. The van der Waals surface area contributed by atoms with Crippen molar-refractivity contribution in [2.75, 3.05) is 5.32 Å². The topological polar surface area (TPSA) is 51.2 Å². The molecule has 1 atom stereocenters. The second kappa shape index (κ2) is 6.00. The maximum atomic E-state index is 11.9. The summed E-state index contributed by atoms with van der Waals surface area (Å²) in [4.78, 5) is 15.9. The van der Waals surface area contributed by atoms with Crippen LogP contribution in [0.15, 0.2) is 48.8 Å². The summed E-state index contributed by atoms with van der Waals surface area (Å²) >= 11 is 0. The summed E-state index contributed by atoms with van der Waals surface area (Å²) in [6, 6.07) is 11.2. The van der Waals surface area contributed by atoms with E-state index in [0.717, 1.165) is 5.56 Å². The van der Waals surface area contributed by atoms with Gasteiger partial charge in [0, 0.05) is 6.20 Å². The van der Waals surface area contributed by atoms with Gasteiger partial charge in [-0.05, 0) is 43.7 Å². The highest BCUT2D eigenvalue weighted by molar-refractivity contribution is 5.93. The first-order valence-corrected chi connectivity index (χ1v) is 6.09. The molecule has 1 aromatic heterocycles. The monoisotopic (exact) mass is 256 g/mol. The molecule has 0 aliphatic rings. The number of pyridine rings is 1. The van der Waals surface area contributed by atoms with Crippen LogP contribution in [0, 0.1) is 6.92 Å². The summed E-state index contributed by atoms with van der Waals surface area (Å²) in [6.07, 6.45) is 2.68. The van der Waals surface area contributed by atoms with Gasteiger partial charge in [-0.3, -0.25) is 9.78 Å². The first kappa shape index (κ1) is 13.1. The smallest absolute Gasteiger partial charge is 0.265 e. The largest absolute Gasteiger partial charge is 0.481 e. The van der Waals surface area contributed by atoms with E-state index in [0.29, 0.717) is 11.4 Å². The number of ether oxygens (including phenoxy) is 1. The Labute approximate surface area is 112 Å². The molecule has 0 bridgehead atoms. The van der Waals surface area contributed by atoms with Gasteiger partial charge >= 0.3 is 0 Å². The molecular weight excluding hydrogens is 240 g/mol. The van der Waals surface area contributed by atoms with Crippen LogP contribution in [0.2, 0.25) is 0 Å². The molecule has 2 rings (SSSR count). The average Bonchev–Trinajstić information content (AvgIpc) is 2.40. The number of rotatable bonds is 4. The third-order valence-electron chi connectivity index (χ3n) is 2.60. The standard InChI is InChI=1S/C15H16N2O2/c1-11-5-3-7-14(9-11)19-12(2)15(18)17-13-6-4-8-16-10-13/h3-10,12H,1-2H3,(H,17,18)/t12-/m0/s1. The molecule has 0 saturated carbocycles. The van der Waals surface area contributed by atoms with Gasteiger partial charge in [0.15, 0.2) is 6.10 Å². The summed E-state index contributed by atoms with van der Waals surface area (Å²) in [6.45, 7) is 3.70. The number of carbonyl (C=O) groups excluding carboxylic acids is 1. The number of benzene rings is 1. The Morgan fingerprint density at radius 2 is 2.16 bits per heavy atom. The van der Waals surface area contributed by atoms with Crippen molar-refractivity contribution in [3.8, 4) is 5.75 Å². The van der Waals surface area contributed by atoms with Gasteiger partial charge < -0.3 is 10.1 Å². The Hall–Kier alpha value is -2.36. The number of amides is 1. The highest BCUT2D eigenvalue weighted by Gasteiger charge is 2.14. The summed E-state index contributed by atoms with van der Waals surface area (Å²) in [5, 5.41) is 2.75. The first-order valence-electron chi connectivity index (χ1n) is 6.09. The molecule has 4 nitrogen and oxygen atoms in total. The number of hydrogen-bond acceptors (Lipinski definition) is 3. The number of anilines is 1. The molecule has 0 spiro atoms. The molecule has 1 aromatic carbocycles. The lowest BCUT2D eigenvalue weighted by atomic mass is 10.2. The van der Waals surface area contributed by atoms with Crippen LogP contribution >= 0.6 is 0 Å². The van der Waals surface area contributed by atoms with Gasteiger partial charge in [-0.2, -0.15) is 0 Å². The van der Waals surface area contributed by atoms with Crippen molar-refractivity contribution in [1.29, 1.82) is 0 Å². The predicted octanol–water partition coefficient (Wildman–Crippen LogP) is 2.80. The van der Waals surface area contributed by atoms with E-state index in [1.54, 1.807) is 31.5 Å². The van der Waals surface area contributed by atoms with Gasteiger partial charge in [-0.25, -0.2) is 0 Å². The van der Waals surface area contributed by atoms with Crippen molar-refractivity contribution >= 4 is 11.6 Å². The Balaban J connectivity index is 1.96. The molecule has 19 heavy (non-hydrogen) atoms. The van der Waals surface area contributed by atoms with Crippen LogP contribution in [0.1, 0.15) is 12.5 Å². The van der Waals surface area contributed by atoms with Crippen LogP contribution in [-0.4, -0.2) is 17.0 Å². The normalized spacial score (nSPS) is 11.7. The SMILES string of the molecule is Cc1cccc(O[C@@H](C)C(=O)Nc2cccnc2)c1. The minimum Gasteiger partial charge on any atom is -0.481 e. The molecule has 98 valence electrons. The molecule has 4 heteroatoms. The minimum absolute atomic E-state index is 0.200. The van der Waals surface area contributed by atoms with E-state index in [1.807, 2.05) is 31.2 Å². The maximum absolute atomic E-state index is 11.9. The molecule has 1 amide bonds.